The standard InChI is InChI=1S/C12H21N3/c1-5-6-13-9(2)7-12-8-10(3)14-11(4)15-12/h8-9,13H,5-7H2,1-4H3. The van der Waals surface area contributed by atoms with Crippen molar-refractivity contribution < 1.29 is 0 Å². The van der Waals surface area contributed by atoms with Gasteiger partial charge in [-0.15, -0.1) is 0 Å². The fourth-order valence-electron chi connectivity index (χ4n) is 1.67. The maximum atomic E-state index is 4.43. The molecule has 3 nitrogen and oxygen atoms in total. The van der Waals surface area contributed by atoms with Crippen LogP contribution in [0.2, 0.25) is 0 Å². The summed E-state index contributed by atoms with van der Waals surface area (Å²) in [6, 6.07) is 2.55. The molecule has 0 aromatic carbocycles. The lowest BCUT2D eigenvalue weighted by Crippen LogP contribution is -2.29. The third kappa shape index (κ3) is 4.38. The second-order valence-electron chi connectivity index (χ2n) is 4.11. The SMILES string of the molecule is CCCNC(C)Cc1cc(C)nc(C)n1. The highest BCUT2D eigenvalue weighted by atomic mass is 14.9. The molecule has 1 unspecified atom stereocenters. The third-order valence-electron chi connectivity index (χ3n) is 2.28. The first-order valence-corrected chi connectivity index (χ1v) is 5.66. The molecule has 0 saturated carbocycles. The predicted molar refractivity (Wildman–Crippen MR) is 63.0 cm³/mol. The van der Waals surface area contributed by atoms with E-state index in [1.165, 1.54) is 6.42 Å². The molecule has 0 aliphatic carbocycles. The van der Waals surface area contributed by atoms with E-state index in [1.54, 1.807) is 0 Å². The molecule has 84 valence electrons. The number of nitrogens with one attached hydrogen (secondary N) is 1. The number of nitrogens with zero attached hydrogens (tertiary/aromatic N) is 2. The Hall–Kier alpha value is -0.960. The van der Waals surface area contributed by atoms with Crippen LogP contribution in [0.4, 0.5) is 0 Å². The number of hydrogen-bond acceptors (Lipinski definition) is 3. The van der Waals surface area contributed by atoms with E-state index in [1.807, 2.05) is 13.8 Å². The van der Waals surface area contributed by atoms with Crippen LogP contribution in [0, 0.1) is 13.8 Å². The molecule has 0 radical (unpaired) electrons. The normalized spacial score (nSPS) is 12.8. The van der Waals surface area contributed by atoms with Crippen LogP contribution < -0.4 is 5.32 Å². The van der Waals surface area contributed by atoms with Crippen LogP contribution in [0.1, 0.15) is 37.5 Å². The average Bonchev–Trinajstić information content (AvgIpc) is 2.13. The molecular weight excluding hydrogens is 186 g/mol. The quantitative estimate of drug-likeness (QED) is 0.802. The van der Waals surface area contributed by atoms with Gasteiger partial charge in [0.15, 0.2) is 0 Å². The molecule has 3 heteroatoms. The molecule has 1 rings (SSSR count). The highest BCUT2D eigenvalue weighted by Gasteiger charge is 2.04. The summed E-state index contributed by atoms with van der Waals surface area (Å²) in [5, 5.41) is 3.46. The molecule has 15 heavy (non-hydrogen) atoms. The molecule has 1 atom stereocenters. The van der Waals surface area contributed by atoms with Gasteiger partial charge >= 0.3 is 0 Å². The molecule has 0 spiro atoms. The smallest absolute Gasteiger partial charge is 0.125 e. The van der Waals surface area contributed by atoms with Gasteiger partial charge in [0.25, 0.3) is 0 Å². The van der Waals surface area contributed by atoms with Crippen molar-refractivity contribution in [2.24, 2.45) is 0 Å². The monoisotopic (exact) mass is 207 g/mol. The van der Waals surface area contributed by atoms with Gasteiger partial charge in [0.1, 0.15) is 5.82 Å². The van der Waals surface area contributed by atoms with Crippen molar-refractivity contribution in [3.63, 3.8) is 0 Å². The lowest BCUT2D eigenvalue weighted by atomic mass is 10.1. The Labute approximate surface area is 92.3 Å². The van der Waals surface area contributed by atoms with Gasteiger partial charge in [-0.05, 0) is 39.8 Å². The highest BCUT2D eigenvalue weighted by Crippen LogP contribution is 2.03. The van der Waals surface area contributed by atoms with Crippen LogP contribution in [0.3, 0.4) is 0 Å². The minimum atomic E-state index is 0.485. The van der Waals surface area contributed by atoms with Gasteiger partial charge in [0.2, 0.25) is 0 Å². The molecule has 0 aliphatic rings. The van der Waals surface area contributed by atoms with Crippen molar-refractivity contribution >= 4 is 0 Å². The minimum absolute atomic E-state index is 0.485. The van der Waals surface area contributed by atoms with Gasteiger partial charge in [-0.3, -0.25) is 0 Å². The molecule has 1 aromatic heterocycles. The van der Waals surface area contributed by atoms with Crippen molar-refractivity contribution in [2.75, 3.05) is 6.54 Å². The second kappa shape index (κ2) is 5.81. The predicted octanol–water partition coefficient (Wildman–Crippen LogP) is 2.02. The van der Waals surface area contributed by atoms with E-state index in [0.717, 1.165) is 30.2 Å². The minimum Gasteiger partial charge on any atom is -0.314 e. The van der Waals surface area contributed by atoms with Gasteiger partial charge in [0, 0.05) is 23.9 Å². The number of hydrogen-bond donors (Lipinski definition) is 1. The van der Waals surface area contributed by atoms with E-state index in [9.17, 15) is 0 Å². The Morgan fingerprint density at radius 1 is 1.33 bits per heavy atom. The molecule has 0 fully saturated rings. The van der Waals surface area contributed by atoms with Crippen molar-refractivity contribution in [3.8, 4) is 0 Å². The summed E-state index contributed by atoms with van der Waals surface area (Å²) in [7, 11) is 0. The van der Waals surface area contributed by atoms with Crippen LogP contribution in [0.5, 0.6) is 0 Å². The van der Waals surface area contributed by atoms with Gasteiger partial charge < -0.3 is 5.32 Å². The summed E-state index contributed by atoms with van der Waals surface area (Å²) >= 11 is 0. The van der Waals surface area contributed by atoms with Crippen LogP contribution in [-0.4, -0.2) is 22.6 Å². The molecule has 0 bridgehead atoms. The van der Waals surface area contributed by atoms with Crippen molar-refractivity contribution in [1.29, 1.82) is 0 Å². The zero-order chi connectivity index (χ0) is 11.3. The lowest BCUT2D eigenvalue weighted by molar-refractivity contribution is 0.537. The van der Waals surface area contributed by atoms with Gasteiger partial charge in [-0.1, -0.05) is 6.92 Å². The number of aryl methyl sites for hydroxylation is 2. The summed E-state index contributed by atoms with van der Waals surface area (Å²) in [6.07, 6.45) is 2.15. The first-order chi connectivity index (χ1) is 7.11. The fourth-order valence-corrected chi connectivity index (χ4v) is 1.67. The largest absolute Gasteiger partial charge is 0.314 e. The van der Waals surface area contributed by atoms with E-state index in [-0.39, 0.29) is 0 Å². The topological polar surface area (TPSA) is 37.8 Å². The molecule has 1 aromatic rings. The second-order valence-corrected chi connectivity index (χ2v) is 4.11. The van der Waals surface area contributed by atoms with Gasteiger partial charge in [-0.2, -0.15) is 0 Å². The van der Waals surface area contributed by atoms with Crippen LogP contribution in [-0.2, 0) is 6.42 Å². The summed E-state index contributed by atoms with van der Waals surface area (Å²) in [6.45, 7) is 9.41. The molecule has 0 aliphatic heterocycles. The van der Waals surface area contributed by atoms with E-state index in [0.29, 0.717) is 6.04 Å². The van der Waals surface area contributed by atoms with Crippen LogP contribution >= 0.6 is 0 Å². The summed E-state index contributed by atoms with van der Waals surface area (Å²) < 4.78 is 0. The zero-order valence-corrected chi connectivity index (χ0v) is 10.2. The summed E-state index contributed by atoms with van der Waals surface area (Å²) in [5.41, 5.74) is 2.19. The molecule has 0 amide bonds. The van der Waals surface area contributed by atoms with Crippen molar-refractivity contribution in [3.05, 3.63) is 23.3 Å². The van der Waals surface area contributed by atoms with Crippen molar-refractivity contribution in [2.45, 2.75) is 46.6 Å². The van der Waals surface area contributed by atoms with Crippen molar-refractivity contribution in [1.82, 2.24) is 15.3 Å². The maximum absolute atomic E-state index is 4.43. The molecule has 1 N–H and O–H groups in total. The molecule has 0 saturated heterocycles. The van der Waals surface area contributed by atoms with E-state index in [4.69, 9.17) is 0 Å². The van der Waals surface area contributed by atoms with E-state index >= 15 is 0 Å². The Bertz CT molecular complexity index is 289. The van der Waals surface area contributed by atoms with Gasteiger partial charge in [0.05, 0.1) is 0 Å². The first-order valence-electron chi connectivity index (χ1n) is 5.66. The highest BCUT2D eigenvalue weighted by molar-refractivity contribution is 5.10. The summed E-state index contributed by atoms with van der Waals surface area (Å²) in [4.78, 5) is 8.70. The summed E-state index contributed by atoms with van der Waals surface area (Å²) in [5.74, 6) is 0.868. The number of aromatic nitrogens is 2. The average molecular weight is 207 g/mol. The lowest BCUT2D eigenvalue weighted by Gasteiger charge is -2.12. The third-order valence-corrected chi connectivity index (χ3v) is 2.28. The maximum Gasteiger partial charge on any atom is 0.125 e. The number of rotatable bonds is 5. The van der Waals surface area contributed by atoms with Crippen LogP contribution in [0.25, 0.3) is 0 Å². The Kier molecular flexibility index (Phi) is 4.69. The Morgan fingerprint density at radius 3 is 2.67 bits per heavy atom. The van der Waals surface area contributed by atoms with E-state index < -0.39 is 0 Å². The molecule has 1 heterocycles. The van der Waals surface area contributed by atoms with Crippen LogP contribution in [0.15, 0.2) is 6.07 Å². The first kappa shape index (κ1) is 12.1. The zero-order valence-electron chi connectivity index (χ0n) is 10.2. The van der Waals surface area contributed by atoms with Gasteiger partial charge in [-0.25, -0.2) is 9.97 Å². The Balaban J connectivity index is 2.56. The Morgan fingerprint density at radius 2 is 2.07 bits per heavy atom. The van der Waals surface area contributed by atoms with E-state index in [2.05, 4.69) is 35.2 Å². The fraction of sp³-hybridized carbons (Fsp3) is 0.667. The molecular formula is C12H21N3.